The summed E-state index contributed by atoms with van der Waals surface area (Å²) in [4.78, 5) is 19.5. The molecule has 1 aromatic heterocycles. The Morgan fingerprint density at radius 3 is 2.81 bits per heavy atom. The number of hydrogen-bond acceptors (Lipinski definition) is 6. The second-order valence-electron chi connectivity index (χ2n) is 7.35. The van der Waals surface area contributed by atoms with Crippen molar-refractivity contribution in [3.05, 3.63) is 52.0 Å². The van der Waals surface area contributed by atoms with Crippen LogP contribution >= 0.6 is 46.3 Å². The number of hydrogen-bond donors (Lipinski definition) is 2. The summed E-state index contributed by atoms with van der Waals surface area (Å²) in [6.07, 6.45) is 1.61. The van der Waals surface area contributed by atoms with Crippen LogP contribution in [0, 0.1) is 0 Å². The fourth-order valence-electron chi connectivity index (χ4n) is 3.12. The Balaban J connectivity index is 1.43. The minimum absolute atomic E-state index is 0.0541. The van der Waals surface area contributed by atoms with Crippen molar-refractivity contribution in [2.24, 2.45) is 0 Å². The molecule has 1 amide bonds. The molecule has 0 saturated heterocycles. The Kier molecular flexibility index (Phi) is 8.86. The van der Waals surface area contributed by atoms with E-state index in [1.165, 1.54) is 11.8 Å². The zero-order valence-electron chi connectivity index (χ0n) is 17.5. The number of rotatable bonds is 10. The number of thioether (sulfide) groups is 1. The third-order valence-electron chi connectivity index (χ3n) is 4.75. The summed E-state index contributed by atoms with van der Waals surface area (Å²) in [5.41, 5.74) is 8.60. The molecule has 0 fully saturated rings. The van der Waals surface area contributed by atoms with Crippen LogP contribution in [0.3, 0.4) is 0 Å². The Morgan fingerprint density at radius 1 is 1.26 bits per heavy atom. The average Bonchev–Trinajstić information content (AvgIpc) is 3.13. The van der Waals surface area contributed by atoms with E-state index in [2.05, 4.69) is 22.2 Å². The zero-order valence-corrected chi connectivity index (χ0v) is 20.7. The molecule has 5 nitrogen and oxygen atoms in total. The van der Waals surface area contributed by atoms with E-state index in [1.807, 2.05) is 43.3 Å². The van der Waals surface area contributed by atoms with Gasteiger partial charge >= 0.3 is 0 Å². The largest absolute Gasteiger partial charge is 0.399 e. The second-order valence-corrected chi connectivity index (χ2v) is 10.6. The SMILES string of the molecule is CCC(Sc1nc2ccc(N)cc2s1)C(=O)NCCCN(C)Cc1ccc(Cl)c(Cl)c1. The van der Waals surface area contributed by atoms with Gasteiger partial charge in [-0.25, -0.2) is 4.98 Å². The van der Waals surface area contributed by atoms with Crippen LogP contribution in [0.25, 0.3) is 10.2 Å². The van der Waals surface area contributed by atoms with E-state index < -0.39 is 0 Å². The molecule has 9 heteroatoms. The highest BCUT2D eigenvalue weighted by Crippen LogP contribution is 2.34. The molecule has 0 spiro atoms. The minimum atomic E-state index is -0.160. The van der Waals surface area contributed by atoms with Crippen molar-refractivity contribution in [1.82, 2.24) is 15.2 Å². The summed E-state index contributed by atoms with van der Waals surface area (Å²) in [5, 5.41) is 4.04. The summed E-state index contributed by atoms with van der Waals surface area (Å²) >= 11 is 15.1. The highest BCUT2D eigenvalue weighted by Gasteiger charge is 2.19. The number of nitrogens with two attached hydrogens (primary N) is 1. The maximum absolute atomic E-state index is 12.6. The van der Waals surface area contributed by atoms with Crippen molar-refractivity contribution in [3.63, 3.8) is 0 Å². The molecule has 3 aromatic rings. The van der Waals surface area contributed by atoms with Gasteiger partial charge in [0.05, 0.1) is 25.5 Å². The number of nitrogens with zero attached hydrogens (tertiary/aromatic N) is 2. The molecule has 0 aliphatic rings. The van der Waals surface area contributed by atoms with E-state index in [-0.39, 0.29) is 11.2 Å². The molecule has 0 aliphatic carbocycles. The van der Waals surface area contributed by atoms with Gasteiger partial charge in [0.1, 0.15) is 0 Å². The number of amides is 1. The Bertz CT molecular complexity index is 1040. The third-order valence-corrected chi connectivity index (χ3v) is 7.97. The van der Waals surface area contributed by atoms with Crippen LogP contribution in [0.2, 0.25) is 10.0 Å². The van der Waals surface area contributed by atoms with Gasteiger partial charge in [-0.3, -0.25) is 4.79 Å². The summed E-state index contributed by atoms with van der Waals surface area (Å²) in [6.45, 7) is 4.30. The first kappa shape index (κ1) is 24.1. The lowest BCUT2D eigenvalue weighted by Crippen LogP contribution is -2.34. The van der Waals surface area contributed by atoms with Gasteiger partial charge in [0.2, 0.25) is 5.91 Å². The summed E-state index contributed by atoms with van der Waals surface area (Å²) in [5.74, 6) is 0.0541. The first-order valence-corrected chi connectivity index (χ1v) is 12.5. The third kappa shape index (κ3) is 6.99. The second kappa shape index (κ2) is 11.4. The lowest BCUT2D eigenvalue weighted by molar-refractivity contribution is -0.120. The van der Waals surface area contributed by atoms with E-state index >= 15 is 0 Å². The zero-order chi connectivity index (χ0) is 22.4. The van der Waals surface area contributed by atoms with E-state index in [0.29, 0.717) is 16.6 Å². The van der Waals surface area contributed by atoms with E-state index in [0.717, 1.165) is 51.7 Å². The van der Waals surface area contributed by atoms with Gasteiger partial charge in [-0.05, 0) is 62.3 Å². The minimum Gasteiger partial charge on any atom is -0.399 e. The van der Waals surface area contributed by atoms with Crippen LogP contribution in [0.4, 0.5) is 5.69 Å². The van der Waals surface area contributed by atoms with E-state index in [1.54, 1.807) is 11.3 Å². The number of benzene rings is 2. The number of carbonyl (C=O) groups excluding carboxylic acids is 1. The molecule has 1 atom stereocenters. The van der Waals surface area contributed by atoms with Crippen LogP contribution in [0.1, 0.15) is 25.3 Å². The van der Waals surface area contributed by atoms with Gasteiger partial charge in [0, 0.05) is 18.8 Å². The lowest BCUT2D eigenvalue weighted by atomic mass is 10.2. The maximum atomic E-state index is 12.6. The van der Waals surface area contributed by atoms with Crippen LogP contribution in [0.15, 0.2) is 40.7 Å². The van der Waals surface area contributed by atoms with Gasteiger partial charge in [0.25, 0.3) is 0 Å². The summed E-state index contributed by atoms with van der Waals surface area (Å²) < 4.78 is 1.94. The van der Waals surface area contributed by atoms with Crippen LogP contribution < -0.4 is 11.1 Å². The van der Waals surface area contributed by atoms with Crippen molar-refractivity contribution < 1.29 is 4.79 Å². The fourth-order valence-corrected chi connectivity index (χ4v) is 5.75. The van der Waals surface area contributed by atoms with Gasteiger partial charge in [-0.15, -0.1) is 11.3 Å². The highest BCUT2D eigenvalue weighted by atomic mass is 35.5. The smallest absolute Gasteiger partial charge is 0.233 e. The molecular formula is C22H26Cl2N4OS2. The first-order valence-electron chi connectivity index (χ1n) is 10.1. The van der Waals surface area contributed by atoms with Crippen molar-refractivity contribution in [1.29, 1.82) is 0 Å². The molecule has 2 aromatic carbocycles. The summed E-state index contributed by atoms with van der Waals surface area (Å²) in [6, 6.07) is 11.4. The number of aromatic nitrogens is 1. The lowest BCUT2D eigenvalue weighted by Gasteiger charge is -2.18. The van der Waals surface area contributed by atoms with Crippen molar-refractivity contribution >= 4 is 68.1 Å². The highest BCUT2D eigenvalue weighted by molar-refractivity contribution is 8.02. The Morgan fingerprint density at radius 2 is 2.06 bits per heavy atom. The summed E-state index contributed by atoms with van der Waals surface area (Å²) in [7, 11) is 2.05. The number of fused-ring (bicyclic) bond motifs is 1. The molecule has 31 heavy (non-hydrogen) atoms. The first-order chi connectivity index (χ1) is 14.9. The average molecular weight is 498 g/mol. The standard InChI is InChI=1S/C22H26Cl2N4OS2/c1-3-19(30-22-27-18-8-6-15(25)12-20(18)31-22)21(29)26-9-4-10-28(2)13-14-5-7-16(23)17(24)11-14/h5-8,11-12,19H,3-4,9-10,13,25H2,1-2H3,(H,26,29). The fraction of sp³-hybridized carbons (Fsp3) is 0.364. The normalized spacial score (nSPS) is 12.4. The van der Waals surface area contributed by atoms with Gasteiger partial charge in [-0.2, -0.15) is 0 Å². The van der Waals surface area contributed by atoms with Gasteiger partial charge in [0.15, 0.2) is 4.34 Å². The van der Waals surface area contributed by atoms with Gasteiger partial charge in [-0.1, -0.05) is 48.0 Å². The quantitative estimate of drug-likeness (QED) is 0.214. The number of halogens is 2. The molecule has 166 valence electrons. The number of nitrogens with one attached hydrogen (secondary N) is 1. The molecule has 0 saturated carbocycles. The van der Waals surface area contributed by atoms with E-state index in [9.17, 15) is 4.79 Å². The van der Waals surface area contributed by atoms with Crippen LogP contribution in [0.5, 0.6) is 0 Å². The number of nitrogen functional groups attached to an aromatic ring is 1. The predicted octanol–water partition coefficient (Wildman–Crippen LogP) is 5.69. The Hall–Kier alpha value is -1.51. The Labute approximate surface area is 201 Å². The maximum Gasteiger partial charge on any atom is 0.233 e. The van der Waals surface area contributed by atoms with Crippen molar-refractivity contribution in [2.75, 3.05) is 25.9 Å². The molecule has 3 rings (SSSR count). The molecule has 1 heterocycles. The topological polar surface area (TPSA) is 71.2 Å². The molecular weight excluding hydrogens is 471 g/mol. The van der Waals surface area contributed by atoms with Crippen molar-refractivity contribution in [2.45, 2.75) is 35.9 Å². The molecule has 0 bridgehead atoms. The molecule has 0 aliphatic heterocycles. The molecule has 1 unspecified atom stereocenters. The molecule has 3 N–H and O–H groups in total. The number of anilines is 1. The molecule has 0 radical (unpaired) electrons. The number of carbonyl (C=O) groups is 1. The van der Waals surface area contributed by atoms with Gasteiger partial charge < -0.3 is 16.0 Å². The van der Waals surface area contributed by atoms with E-state index in [4.69, 9.17) is 28.9 Å². The predicted molar refractivity (Wildman–Crippen MR) is 134 cm³/mol. The van der Waals surface area contributed by atoms with Crippen molar-refractivity contribution in [3.8, 4) is 0 Å². The number of thiazole rings is 1. The van der Waals surface area contributed by atoms with Crippen LogP contribution in [-0.2, 0) is 11.3 Å². The monoisotopic (exact) mass is 496 g/mol. The van der Waals surface area contributed by atoms with Crippen LogP contribution in [-0.4, -0.2) is 41.2 Å².